The van der Waals surface area contributed by atoms with Crippen LogP contribution in [0.4, 0.5) is 17.1 Å². The van der Waals surface area contributed by atoms with Crippen molar-refractivity contribution in [3.8, 4) is 5.75 Å². The van der Waals surface area contributed by atoms with Gasteiger partial charge in [0.05, 0.1) is 23.0 Å². The molecule has 3 N–H and O–H groups in total. The molecule has 11 heteroatoms. The lowest BCUT2D eigenvalue weighted by atomic mass is 10.1. The number of rotatable bonds is 12. The summed E-state index contributed by atoms with van der Waals surface area (Å²) < 4.78 is 5.33. The molecule has 3 amide bonds. The molecule has 4 rings (SSSR count). The van der Waals surface area contributed by atoms with Crippen LogP contribution < -0.4 is 20.7 Å². The Morgan fingerprint density at radius 3 is 2.30 bits per heavy atom. The number of methoxy groups -OCH3 is 1. The first kappa shape index (κ1) is 31.5. The molecule has 0 fully saturated rings. The standard InChI is InChI=1S/C33H30N4O6S/c1-3-30(33(40)35-27-14-7-8-15-29(27)43-2)44-26-13-9-12-24(21-26)34-32(39)28(36-31(38)23-10-5-4-6-11-23)20-22-16-18-25(19-17-22)37(41)42/h4-21,30H,3H2,1-2H3,(H,34,39)(H,35,40)(H,36,38)/b28-20+. The molecule has 0 spiro atoms. The van der Waals surface area contributed by atoms with Crippen molar-refractivity contribution in [3.63, 3.8) is 0 Å². The molecule has 10 nitrogen and oxygen atoms in total. The fourth-order valence-electron chi connectivity index (χ4n) is 4.09. The van der Waals surface area contributed by atoms with Gasteiger partial charge in [-0.25, -0.2) is 0 Å². The summed E-state index contributed by atoms with van der Waals surface area (Å²) in [5.41, 5.74) is 1.69. The van der Waals surface area contributed by atoms with Gasteiger partial charge in [0.2, 0.25) is 5.91 Å². The third-order valence-electron chi connectivity index (χ3n) is 6.34. The largest absolute Gasteiger partial charge is 0.495 e. The van der Waals surface area contributed by atoms with Crippen LogP contribution in [-0.4, -0.2) is 35.0 Å². The van der Waals surface area contributed by atoms with E-state index in [0.29, 0.717) is 34.7 Å². The number of para-hydroxylation sites is 2. The van der Waals surface area contributed by atoms with E-state index in [9.17, 15) is 24.5 Å². The predicted octanol–water partition coefficient (Wildman–Crippen LogP) is 6.52. The Labute approximate surface area is 258 Å². The van der Waals surface area contributed by atoms with E-state index in [1.165, 1.54) is 49.2 Å². The third-order valence-corrected chi connectivity index (χ3v) is 7.70. The number of nitro benzene ring substituents is 1. The Balaban J connectivity index is 1.52. The molecular formula is C33H30N4O6S. The highest BCUT2D eigenvalue weighted by molar-refractivity contribution is 8.00. The lowest BCUT2D eigenvalue weighted by Gasteiger charge is -2.17. The van der Waals surface area contributed by atoms with Crippen LogP contribution in [0.25, 0.3) is 6.08 Å². The summed E-state index contributed by atoms with van der Waals surface area (Å²) in [6, 6.07) is 28.2. The van der Waals surface area contributed by atoms with Crippen molar-refractivity contribution in [2.75, 3.05) is 17.7 Å². The fraction of sp³-hybridized carbons (Fsp3) is 0.121. The molecule has 0 aliphatic rings. The number of ether oxygens (including phenoxy) is 1. The van der Waals surface area contributed by atoms with Crippen LogP contribution in [0, 0.1) is 10.1 Å². The first-order chi connectivity index (χ1) is 21.3. The van der Waals surface area contributed by atoms with E-state index in [0.717, 1.165) is 4.90 Å². The second-order valence-electron chi connectivity index (χ2n) is 9.41. The maximum Gasteiger partial charge on any atom is 0.272 e. The molecule has 4 aromatic carbocycles. The van der Waals surface area contributed by atoms with E-state index in [2.05, 4.69) is 16.0 Å². The van der Waals surface area contributed by atoms with Crippen LogP contribution in [0.1, 0.15) is 29.3 Å². The Morgan fingerprint density at radius 1 is 0.909 bits per heavy atom. The summed E-state index contributed by atoms with van der Waals surface area (Å²) >= 11 is 1.35. The van der Waals surface area contributed by atoms with Gasteiger partial charge in [-0.05, 0) is 72.7 Å². The van der Waals surface area contributed by atoms with Crippen LogP contribution in [0.3, 0.4) is 0 Å². The van der Waals surface area contributed by atoms with Gasteiger partial charge in [-0.3, -0.25) is 24.5 Å². The van der Waals surface area contributed by atoms with E-state index < -0.39 is 22.0 Å². The van der Waals surface area contributed by atoms with E-state index >= 15 is 0 Å². The zero-order valence-electron chi connectivity index (χ0n) is 24.0. The monoisotopic (exact) mass is 610 g/mol. The molecule has 0 aromatic heterocycles. The first-order valence-corrected chi connectivity index (χ1v) is 14.5. The third kappa shape index (κ3) is 8.55. The Bertz CT molecular complexity index is 1680. The predicted molar refractivity (Wildman–Crippen MR) is 172 cm³/mol. The molecule has 0 saturated heterocycles. The molecule has 0 aliphatic heterocycles. The molecule has 0 heterocycles. The number of nitro groups is 1. The van der Waals surface area contributed by atoms with Crippen LogP contribution in [-0.2, 0) is 9.59 Å². The van der Waals surface area contributed by atoms with E-state index in [1.807, 2.05) is 25.1 Å². The van der Waals surface area contributed by atoms with Crippen molar-refractivity contribution in [1.29, 1.82) is 0 Å². The lowest BCUT2D eigenvalue weighted by molar-refractivity contribution is -0.384. The van der Waals surface area contributed by atoms with Gasteiger partial charge < -0.3 is 20.7 Å². The molecule has 1 atom stereocenters. The first-order valence-electron chi connectivity index (χ1n) is 13.6. The average molecular weight is 611 g/mol. The maximum atomic E-state index is 13.4. The molecule has 0 bridgehead atoms. The van der Waals surface area contributed by atoms with Gasteiger partial charge in [0.1, 0.15) is 11.4 Å². The summed E-state index contributed by atoms with van der Waals surface area (Å²) in [5, 5.41) is 19.0. The zero-order chi connectivity index (χ0) is 31.5. The molecule has 4 aromatic rings. The number of thioether (sulfide) groups is 1. The minimum Gasteiger partial charge on any atom is -0.495 e. The van der Waals surface area contributed by atoms with Crippen LogP contribution in [0.15, 0.2) is 114 Å². The number of amides is 3. The minimum absolute atomic E-state index is 0.0617. The van der Waals surface area contributed by atoms with Crippen molar-refractivity contribution in [2.24, 2.45) is 0 Å². The Kier molecular flexibility index (Phi) is 10.9. The van der Waals surface area contributed by atoms with Gasteiger partial charge >= 0.3 is 0 Å². The number of nitrogens with one attached hydrogen (secondary N) is 3. The second kappa shape index (κ2) is 15.2. The fourth-order valence-corrected chi connectivity index (χ4v) is 5.11. The maximum absolute atomic E-state index is 13.4. The molecule has 1 unspecified atom stereocenters. The van der Waals surface area contributed by atoms with Crippen LogP contribution in [0.5, 0.6) is 5.75 Å². The molecule has 0 aliphatic carbocycles. The van der Waals surface area contributed by atoms with E-state index in [1.54, 1.807) is 60.7 Å². The van der Waals surface area contributed by atoms with Crippen molar-refractivity contribution in [3.05, 3.63) is 130 Å². The van der Waals surface area contributed by atoms with Crippen molar-refractivity contribution in [2.45, 2.75) is 23.5 Å². The van der Waals surface area contributed by atoms with Gasteiger partial charge in [-0.1, -0.05) is 43.3 Å². The number of benzene rings is 4. The topological polar surface area (TPSA) is 140 Å². The minimum atomic E-state index is -0.601. The number of hydrogen-bond donors (Lipinski definition) is 3. The van der Waals surface area contributed by atoms with Crippen molar-refractivity contribution >= 4 is 52.6 Å². The van der Waals surface area contributed by atoms with Crippen molar-refractivity contribution in [1.82, 2.24) is 5.32 Å². The highest BCUT2D eigenvalue weighted by atomic mass is 32.2. The van der Waals surface area contributed by atoms with Gasteiger partial charge in [-0.2, -0.15) is 0 Å². The summed E-state index contributed by atoms with van der Waals surface area (Å²) in [5.74, 6) is -0.725. The number of hydrogen-bond acceptors (Lipinski definition) is 7. The van der Waals surface area contributed by atoms with Crippen LogP contribution >= 0.6 is 11.8 Å². The molecule has 224 valence electrons. The molecular weight excluding hydrogens is 580 g/mol. The quantitative estimate of drug-likeness (QED) is 0.0718. The summed E-state index contributed by atoms with van der Waals surface area (Å²) in [6.07, 6.45) is 1.99. The van der Waals surface area contributed by atoms with Crippen molar-refractivity contribution < 1.29 is 24.0 Å². The lowest BCUT2D eigenvalue weighted by Crippen LogP contribution is -2.30. The zero-order valence-corrected chi connectivity index (χ0v) is 24.8. The number of carbonyl (C=O) groups is 3. The van der Waals surface area contributed by atoms with Crippen LogP contribution in [0.2, 0.25) is 0 Å². The van der Waals surface area contributed by atoms with Gasteiger partial charge in [0.25, 0.3) is 17.5 Å². The SMILES string of the molecule is CCC(Sc1cccc(NC(=O)/C(=C\c2ccc([N+](=O)[O-])cc2)NC(=O)c2ccccc2)c1)C(=O)Nc1ccccc1OC. The van der Waals surface area contributed by atoms with Gasteiger partial charge in [0, 0.05) is 28.3 Å². The normalized spacial score (nSPS) is 11.6. The number of carbonyl (C=O) groups excluding carboxylic acids is 3. The highest BCUT2D eigenvalue weighted by Gasteiger charge is 2.20. The van der Waals surface area contributed by atoms with Gasteiger partial charge in [0.15, 0.2) is 0 Å². The average Bonchev–Trinajstić information content (AvgIpc) is 3.04. The van der Waals surface area contributed by atoms with Gasteiger partial charge in [-0.15, -0.1) is 11.8 Å². The smallest absolute Gasteiger partial charge is 0.272 e. The molecule has 44 heavy (non-hydrogen) atoms. The number of non-ortho nitro benzene ring substituents is 1. The number of nitrogens with zero attached hydrogens (tertiary/aromatic N) is 1. The Hall–Kier alpha value is -5.42. The molecule has 0 saturated carbocycles. The highest BCUT2D eigenvalue weighted by Crippen LogP contribution is 2.30. The van der Waals surface area contributed by atoms with E-state index in [-0.39, 0.29) is 17.3 Å². The summed E-state index contributed by atoms with van der Waals surface area (Å²) in [7, 11) is 1.54. The summed E-state index contributed by atoms with van der Waals surface area (Å²) in [4.78, 5) is 50.7. The van der Waals surface area contributed by atoms with E-state index in [4.69, 9.17) is 4.74 Å². The molecule has 0 radical (unpaired) electrons. The summed E-state index contributed by atoms with van der Waals surface area (Å²) in [6.45, 7) is 1.91. The number of anilines is 2. The Morgan fingerprint density at radius 2 is 1.61 bits per heavy atom. The second-order valence-corrected chi connectivity index (χ2v) is 10.7.